The molecule has 0 N–H and O–H groups in total. The third-order valence-electron chi connectivity index (χ3n) is 5.85. The maximum absolute atomic E-state index is 11.6. The summed E-state index contributed by atoms with van der Waals surface area (Å²) in [6.45, 7) is 0.964. The minimum atomic E-state index is -0.310. The molecule has 0 atom stereocenters. The van der Waals surface area contributed by atoms with Crippen LogP contribution in [0.1, 0.15) is 39.0 Å². The zero-order valence-electron chi connectivity index (χ0n) is 20.0. The number of esters is 1. The van der Waals surface area contributed by atoms with Gasteiger partial charge in [-0.15, -0.1) is 0 Å². The van der Waals surface area contributed by atoms with E-state index in [-0.39, 0.29) is 5.97 Å². The fourth-order valence-corrected chi connectivity index (χ4v) is 3.91. The third-order valence-corrected chi connectivity index (χ3v) is 5.85. The summed E-state index contributed by atoms with van der Waals surface area (Å²) >= 11 is 0. The number of aryl methyl sites for hydroxylation is 2. The van der Waals surface area contributed by atoms with Gasteiger partial charge in [-0.05, 0) is 60.2 Å². The first-order chi connectivity index (χ1) is 17.2. The SMILES string of the molecule is COC(=O)c1ccc(CCCc2ccccc2OCc2ccccc2OCc2ccccc2)cc1. The topological polar surface area (TPSA) is 44.8 Å². The normalized spacial score (nSPS) is 10.5. The van der Waals surface area contributed by atoms with Crippen LogP contribution in [0.5, 0.6) is 11.5 Å². The highest BCUT2D eigenvalue weighted by atomic mass is 16.5. The van der Waals surface area contributed by atoms with E-state index in [1.165, 1.54) is 18.2 Å². The van der Waals surface area contributed by atoms with E-state index >= 15 is 0 Å². The first-order valence-corrected chi connectivity index (χ1v) is 11.9. The lowest BCUT2D eigenvalue weighted by Gasteiger charge is -2.15. The minimum absolute atomic E-state index is 0.310. The second-order valence-electron chi connectivity index (χ2n) is 8.32. The highest BCUT2D eigenvalue weighted by molar-refractivity contribution is 5.89. The summed E-state index contributed by atoms with van der Waals surface area (Å²) in [4.78, 5) is 11.6. The van der Waals surface area contributed by atoms with Crippen molar-refractivity contribution in [3.05, 3.63) is 131 Å². The molecule has 0 aliphatic heterocycles. The van der Waals surface area contributed by atoms with E-state index in [1.807, 2.05) is 84.9 Å². The van der Waals surface area contributed by atoms with Crippen LogP contribution < -0.4 is 9.47 Å². The van der Waals surface area contributed by atoms with Gasteiger partial charge in [-0.2, -0.15) is 0 Å². The second kappa shape index (κ2) is 12.4. The largest absolute Gasteiger partial charge is 0.488 e. The molecule has 0 bridgehead atoms. The molecule has 0 unspecified atom stereocenters. The van der Waals surface area contributed by atoms with E-state index < -0.39 is 0 Å². The molecular weight excluding hydrogens is 436 g/mol. The van der Waals surface area contributed by atoms with Crippen LogP contribution in [0.3, 0.4) is 0 Å². The van der Waals surface area contributed by atoms with Crippen molar-refractivity contribution in [3.63, 3.8) is 0 Å². The number of ether oxygens (including phenoxy) is 3. The molecule has 0 aliphatic carbocycles. The monoisotopic (exact) mass is 466 g/mol. The van der Waals surface area contributed by atoms with Crippen LogP contribution in [0.25, 0.3) is 0 Å². The zero-order chi connectivity index (χ0) is 24.3. The summed E-state index contributed by atoms with van der Waals surface area (Å²) in [5, 5.41) is 0. The molecular formula is C31H30O4. The third kappa shape index (κ3) is 6.97. The summed E-state index contributed by atoms with van der Waals surface area (Å²) in [5.74, 6) is 1.42. The molecule has 0 heterocycles. The van der Waals surface area contributed by atoms with Crippen LogP contribution in [0.2, 0.25) is 0 Å². The smallest absolute Gasteiger partial charge is 0.337 e. The summed E-state index contributed by atoms with van der Waals surface area (Å²) < 4.78 is 17.1. The zero-order valence-corrected chi connectivity index (χ0v) is 20.0. The highest BCUT2D eigenvalue weighted by Gasteiger charge is 2.09. The van der Waals surface area contributed by atoms with Gasteiger partial charge in [0, 0.05) is 5.56 Å². The molecule has 4 heteroatoms. The average Bonchev–Trinajstić information content (AvgIpc) is 2.92. The Hall–Kier alpha value is -4.05. The van der Waals surface area contributed by atoms with Crippen LogP contribution in [-0.2, 0) is 30.8 Å². The number of methoxy groups -OCH3 is 1. The molecule has 4 rings (SSSR count). The fourth-order valence-electron chi connectivity index (χ4n) is 3.91. The Balaban J connectivity index is 1.33. The highest BCUT2D eigenvalue weighted by Crippen LogP contribution is 2.25. The second-order valence-corrected chi connectivity index (χ2v) is 8.32. The Bertz CT molecular complexity index is 1220. The van der Waals surface area contributed by atoms with Gasteiger partial charge in [0.15, 0.2) is 0 Å². The van der Waals surface area contributed by atoms with Crippen LogP contribution >= 0.6 is 0 Å². The molecule has 0 amide bonds. The van der Waals surface area contributed by atoms with Gasteiger partial charge in [-0.25, -0.2) is 4.79 Å². The van der Waals surface area contributed by atoms with E-state index in [0.29, 0.717) is 18.8 Å². The van der Waals surface area contributed by atoms with E-state index in [1.54, 1.807) is 0 Å². The van der Waals surface area contributed by atoms with E-state index in [9.17, 15) is 4.79 Å². The van der Waals surface area contributed by atoms with Crippen molar-refractivity contribution >= 4 is 5.97 Å². The van der Waals surface area contributed by atoms with Crippen molar-refractivity contribution in [2.24, 2.45) is 0 Å². The number of benzene rings is 4. The quantitative estimate of drug-likeness (QED) is 0.228. The van der Waals surface area contributed by atoms with Crippen molar-refractivity contribution < 1.29 is 19.0 Å². The van der Waals surface area contributed by atoms with E-state index in [2.05, 4.69) is 18.2 Å². The molecule has 35 heavy (non-hydrogen) atoms. The average molecular weight is 467 g/mol. The van der Waals surface area contributed by atoms with Crippen molar-refractivity contribution in [1.82, 2.24) is 0 Å². The molecule has 4 aromatic rings. The van der Waals surface area contributed by atoms with Crippen molar-refractivity contribution in [3.8, 4) is 11.5 Å². The predicted molar refractivity (Wildman–Crippen MR) is 138 cm³/mol. The molecule has 0 aliphatic rings. The Morgan fingerprint density at radius 1 is 0.600 bits per heavy atom. The van der Waals surface area contributed by atoms with Gasteiger partial charge in [0.2, 0.25) is 0 Å². The molecule has 0 saturated heterocycles. The summed E-state index contributed by atoms with van der Waals surface area (Å²) in [6, 6.07) is 34.0. The van der Waals surface area contributed by atoms with E-state index in [0.717, 1.165) is 41.9 Å². The summed E-state index contributed by atoms with van der Waals surface area (Å²) in [7, 11) is 1.39. The number of hydrogen-bond acceptors (Lipinski definition) is 4. The van der Waals surface area contributed by atoms with Crippen LogP contribution in [0.4, 0.5) is 0 Å². The number of rotatable bonds is 11. The maximum Gasteiger partial charge on any atom is 0.337 e. The van der Waals surface area contributed by atoms with Gasteiger partial charge in [-0.1, -0.05) is 78.9 Å². The van der Waals surface area contributed by atoms with Gasteiger partial charge >= 0.3 is 5.97 Å². The summed E-state index contributed by atoms with van der Waals surface area (Å²) in [5.41, 5.74) is 5.10. The minimum Gasteiger partial charge on any atom is -0.488 e. The molecule has 0 saturated carbocycles. The molecule has 4 aromatic carbocycles. The van der Waals surface area contributed by atoms with Crippen molar-refractivity contribution in [2.45, 2.75) is 32.5 Å². The van der Waals surface area contributed by atoms with Gasteiger partial charge in [-0.3, -0.25) is 0 Å². The van der Waals surface area contributed by atoms with E-state index in [4.69, 9.17) is 14.2 Å². The maximum atomic E-state index is 11.6. The van der Waals surface area contributed by atoms with Gasteiger partial charge < -0.3 is 14.2 Å². The van der Waals surface area contributed by atoms with Crippen LogP contribution in [0, 0.1) is 0 Å². The molecule has 4 nitrogen and oxygen atoms in total. The Morgan fingerprint density at radius 2 is 1.20 bits per heavy atom. The van der Waals surface area contributed by atoms with Gasteiger partial charge in [0.25, 0.3) is 0 Å². The predicted octanol–water partition coefficient (Wildman–Crippen LogP) is 6.81. The first kappa shape index (κ1) is 24.1. The molecule has 0 aromatic heterocycles. The lowest BCUT2D eigenvalue weighted by molar-refractivity contribution is 0.0600. The number of carbonyl (C=O) groups is 1. The van der Waals surface area contributed by atoms with Gasteiger partial charge in [0.05, 0.1) is 12.7 Å². The number of carbonyl (C=O) groups excluding carboxylic acids is 1. The Kier molecular flexibility index (Phi) is 8.55. The lowest BCUT2D eigenvalue weighted by atomic mass is 10.0. The standard InChI is InChI=1S/C31H30O4/c1-33-31(32)27-20-18-24(19-21-27)12-9-15-26-13-5-7-16-29(26)35-23-28-14-6-8-17-30(28)34-22-25-10-3-2-4-11-25/h2-8,10-11,13-14,16-21H,9,12,15,22-23H2,1H3. The summed E-state index contributed by atoms with van der Waals surface area (Å²) in [6.07, 6.45) is 2.81. The first-order valence-electron chi connectivity index (χ1n) is 11.9. The Morgan fingerprint density at radius 3 is 1.91 bits per heavy atom. The van der Waals surface area contributed by atoms with Gasteiger partial charge in [0.1, 0.15) is 24.7 Å². The fraction of sp³-hybridized carbons (Fsp3) is 0.194. The molecule has 0 fully saturated rings. The Labute approximate surface area is 207 Å². The van der Waals surface area contributed by atoms with Crippen molar-refractivity contribution in [1.29, 1.82) is 0 Å². The van der Waals surface area contributed by atoms with Crippen LogP contribution in [0.15, 0.2) is 103 Å². The molecule has 0 spiro atoms. The molecule has 178 valence electrons. The van der Waals surface area contributed by atoms with Crippen molar-refractivity contribution in [2.75, 3.05) is 7.11 Å². The number of hydrogen-bond donors (Lipinski definition) is 0. The molecule has 0 radical (unpaired) electrons. The number of para-hydroxylation sites is 2. The van der Waals surface area contributed by atoms with Crippen LogP contribution in [-0.4, -0.2) is 13.1 Å². The lowest BCUT2D eigenvalue weighted by Crippen LogP contribution is -2.03.